The maximum Gasteiger partial charge on any atom is 0.289 e. The van der Waals surface area contributed by atoms with Crippen LogP contribution in [0.1, 0.15) is 22.5 Å². The number of amides is 2. The van der Waals surface area contributed by atoms with Crippen molar-refractivity contribution >= 4 is 11.8 Å². The fourth-order valence-corrected chi connectivity index (χ4v) is 3.05. The molecule has 0 radical (unpaired) electrons. The predicted molar refractivity (Wildman–Crippen MR) is 97.0 cm³/mol. The molecule has 0 unspecified atom stereocenters. The number of carbonyl (C=O) groups excluding carboxylic acids is 2. The Balaban J connectivity index is 1.50. The van der Waals surface area contributed by atoms with Gasteiger partial charge >= 0.3 is 0 Å². The van der Waals surface area contributed by atoms with Crippen molar-refractivity contribution in [1.82, 2.24) is 15.4 Å². The van der Waals surface area contributed by atoms with Crippen molar-refractivity contribution in [3.05, 3.63) is 53.9 Å². The molecule has 1 saturated heterocycles. The molecule has 2 amide bonds. The zero-order valence-corrected chi connectivity index (χ0v) is 15.4. The largest absolute Gasteiger partial charge is 0.388 e. The van der Waals surface area contributed by atoms with E-state index in [4.69, 9.17) is 9.26 Å². The summed E-state index contributed by atoms with van der Waals surface area (Å²) in [6.45, 7) is 0.393. The minimum atomic E-state index is -1.22. The number of aromatic nitrogens is 1. The summed E-state index contributed by atoms with van der Waals surface area (Å²) in [5.74, 6) is -0.696. The monoisotopic (exact) mass is 389 g/mol. The molecular formula is C19H23N3O6. The fourth-order valence-electron chi connectivity index (χ4n) is 3.05. The van der Waals surface area contributed by atoms with Crippen LogP contribution < -0.4 is 5.32 Å². The van der Waals surface area contributed by atoms with Crippen LogP contribution in [0.3, 0.4) is 0 Å². The van der Waals surface area contributed by atoms with E-state index < -0.39 is 30.3 Å². The minimum Gasteiger partial charge on any atom is -0.388 e. The number of nitrogens with one attached hydrogen (secondary N) is 1. The zero-order chi connectivity index (χ0) is 20.1. The first-order valence-electron chi connectivity index (χ1n) is 8.94. The van der Waals surface area contributed by atoms with E-state index in [2.05, 4.69) is 10.5 Å². The SMILES string of the molecule is CN(Cc1ccccc1)C(=O)C[C@H]1O[C@H](CNC(=O)c2ccno2)[C@@H](O)[C@@H]1O. The highest BCUT2D eigenvalue weighted by Gasteiger charge is 2.43. The first-order chi connectivity index (χ1) is 13.5. The molecule has 2 aromatic rings. The lowest BCUT2D eigenvalue weighted by Gasteiger charge is -2.21. The van der Waals surface area contributed by atoms with E-state index in [1.807, 2.05) is 30.3 Å². The molecule has 1 aliphatic heterocycles. The molecule has 0 saturated carbocycles. The van der Waals surface area contributed by atoms with Gasteiger partial charge in [-0.2, -0.15) is 0 Å². The molecule has 1 aromatic carbocycles. The van der Waals surface area contributed by atoms with Gasteiger partial charge in [-0.1, -0.05) is 35.5 Å². The van der Waals surface area contributed by atoms with Gasteiger partial charge in [0, 0.05) is 26.2 Å². The second-order valence-corrected chi connectivity index (χ2v) is 6.72. The third-order valence-corrected chi connectivity index (χ3v) is 4.65. The quantitative estimate of drug-likeness (QED) is 0.606. The van der Waals surface area contributed by atoms with Gasteiger partial charge in [0.1, 0.15) is 18.3 Å². The van der Waals surface area contributed by atoms with Gasteiger partial charge in [-0.15, -0.1) is 0 Å². The molecule has 1 fully saturated rings. The molecular weight excluding hydrogens is 366 g/mol. The molecule has 150 valence electrons. The fraction of sp³-hybridized carbons (Fsp3) is 0.421. The smallest absolute Gasteiger partial charge is 0.289 e. The molecule has 1 aromatic heterocycles. The van der Waals surface area contributed by atoms with Crippen molar-refractivity contribution in [3.8, 4) is 0 Å². The lowest BCUT2D eigenvalue weighted by atomic mass is 10.0. The summed E-state index contributed by atoms with van der Waals surface area (Å²) in [5, 5.41) is 26.4. The van der Waals surface area contributed by atoms with Gasteiger partial charge in [0.25, 0.3) is 5.91 Å². The molecule has 1 aliphatic rings. The molecule has 4 atom stereocenters. The highest BCUT2D eigenvalue weighted by Crippen LogP contribution is 2.24. The summed E-state index contributed by atoms with van der Waals surface area (Å²) in [4.78, 5) is 25.9. The van der Waals surface area contributed by atoms with Gasteiger partial charge < -0.3 is 29.7 Å². The standard InChI is InChI=1S/C19H23N3O6/c1-22(11-12-5-3-2-4-6-12)16(23)9-14-17(24)18(25)15(27-14)10-20-19(26)13-7-8-21-28-13/h2-8,14-15,17-18,24-25H,9-11H2,1H3,(H,20,26)/t14-,15-,17-,18-/m1/s1. The Morgan fingerprint density at radius 2 is 1.86 bits per heavy atom. The number of aliphatic hydroxyl groups is 2. The number of ether oxygens (including phenoxy) is 1. The third kappa shape index (κ3) is 4.75. The molecule has 3 rings (SSSR count). The van der Waals surface area contributed by atoms with Gasteiger partial charge in [0.05, 0.1) is 18.7 Å². The van der Waals surface area contributed by atoms with Crippen molar-refractivity contribution in [2.45, 2.75) is 37.4 Å². The molecule has 28 heavy (non-hydrogen) atoms. The topological polar surface area (TPSA) is 125 Å². The maximum atomic E-state index is 12.4. The molecule has 3 N–H and O–H groups in total. The van der Waals surface area contributed by atoms with Gasteiger partial charge in [0.2, 0.25) is 11.7 Å². The van der Waals surface area contributed by atoms with Crippen molar-refractivity contribution in [3.63, 3.8) is 0 Å². The van der Waals surface area contributed by atoms with Crippen LogP contribution in [0.25, 0.3) is 0 Å². The van der Waals surface area contributed by atoms with Crippen LogP contribution in [-0.4, -0.2) is 70.1 Å². The van der Waals surface area contributed by atoms with Crippen LogP contribution in [-0.2, 0) is 16.1 Å². The van der Waals surface area contributed by atoms with Crippen LogP contribution in [0.15, 0.2) is 47.1 Å². The van der Waals surface area contributed by atoms with Crippen molar-refractivity contribution in [2.75, 3.05) is 13.6 Å². The average Bonchev–Trinajstić information content (AvgIpc) is 3.32. The van der Waals surface area contributed by atoms with E-state index in [0.29, 0.717) is 6.54 Å². The first kappa shape index (κ1) is 20.0. The Morgan fingerprint density at radius 1 is 1.14 bits per heavy atom. The molecule has 9 nitrogen and oxygen atoms in total. The molecule has 0 spiro atoms. The van der Waals surface area contributed by atoms with Gasteiger partial charge in [-0.05, 0) is 5.56 Å². The van der Waals surface area contributed by atoms with E-state index in [0.717, 1.165) is 5.56 Å². The zero-order valence-electron chi connectivity index (χ0n) is 15.4. The van der Waals surface area contributed by atoms with Crippen LogP contribution in [0.5, 0.6) is 0 Å². The number of carbonyl (C=O) groups is 2. The maximum absolute atomic E-state index is 12.4. The number of benzene rings is 1. The van der Waals surface area contributed by atoms with Crippen LogP contribution in [0.4, 0.5) is 0 Å². The highest BCUT2D eigenvalue weighted by atomic mass is 16.5. The minimum absolute atomic E-state index is 0.0299. The average molecular weight is 389 g/mol. The number of nitrogens with zero attached hydrogens (tertiary/aromatic N) is 2. The summed E-state index contributed by atoms with van der Waals surface area (Å²) in [6.07, 6.45) is -2.86. The second kappa shape index (κ2) is 8.96. The normalized spacial score (nSPS) is 24.1. The summed E-state index contributed by atoms with van der Waals surface area (Å²) in [5.41, 5.74) is 0.985. The summed E-state index contributed by atoms with van der Waals surface area (Å²) in [7, 11) is 1.67. The Morgan fingerprint density at radius 3 is 2.54 bits per heavy atom. The highest BCUT2D eigenvalue weighted by molar-refractivity contribution is 5.91. The summed E-state index contributed by atoms with van der Waals surface area (Å²) in [6, 6.07) is 10.9. The van der Waals surface area contributed by atoms with E-state index in [-0.39, 0.29) is 24.6 Å². The Hall–Kier alpha value is -2.75. The van der Waals surface area contributed by atoms with E-state index in [1.165, 1.54) is 17.2 Å². The van der Waals surface area contributed by atoms with Crippen LogP contribution >= 0.6 is 0 Å². The summed E-state index contributed by atoms with van der Waals surface area (Å²) >= 11 is 0. The van der Waals surface area contributed by atoms with Crippen molar-refractivity contribution in [1.29, 1.82) is 0 Å². The van der Waals surface area contributed by atoms with Crippen molar-refractivity contribution < 1.29 is 29.1 Å². The van der Waals surface area contributed by atoms with E-state index in [1.54, 1.807) is 7.05 Å². The van der Waals surface area contributed by atoms with E-state index >= 15 is 0 Å². The second-order valence-electron chi connectivity index (χ2n) is 6.72. The Kier molecular flexibility index (Phi) is 6.40. The first-order valence-corrected chi connectivity index (χ1v) is 8.94. The summed E-state index contributed by atoms with van der Waals surface area (Å²) < 4.78 is 10.4. The molecule has 0 aliphatic carbocycles. The predicted octanol–water partition coefficient (Wildman–Crippen LogP) is -0.0577. The van der Waals surface area contributed by atoms with Crippen molar-refractivity contribution in [2.24, 2.45) is 0 Å². The number of hydrogen-bond donors (Lipinski definition) is 3. The van der Waals surface area contributed by atoms with Gasteiger partial charge in [-0.25, -0.2) is 0 Å². The number of aliphatic hydroxyl groups excluding tert-OH is 2. The lowest BCUT2D eigenvalue weighted by Crippen LogP contribution is -2.40. The Bertz CT molecular complexity index is 782. The molecule has 9 heteroatoms. The third-order valence-electron chi connectivity index (χ3n) is 4.65. The Labute approximate surface area is 161 Å². The molecule has 0 bridgehead atoms. The van der Waals surface area contributed by atoms with Gasteiger partial charge in [0.15, 0.2) is 0 Å². The van der Waals surface area contributed by atoms with Gasteiger partial charge in [-0.3, -0.25) is 9.59 Å². The molecule has 2 heterocycles. The number of hydrogen-bond acceptors (Lipinski definition) is 7. The van der Waals surface area contributed by atoms with E-state index in [9.17, 15) is 19.8 Å². The van der Waals surface area contributed by atoms with Crippen LogP contribution in [0.2, 0.25) is 0 Å². The van der Waals surface area contributed by atoms with Crippen LogP contribution in [0, 0.1) is 0 Å². The number of rotatable bonds is 7. The lowest BCUT2D eigenvalue weighted by molar-refractivity contribution is -0.134.